The van der Waals surface area contributed by atoms with Crippen LogP contribution in [-0.4, -0.2) is 11.4 Å². The lowest BCUT2D eigenvalue weighted by Gasteiger charge is -2.00. The van der Waals surface area contributed by atoms with Crippen molar-refractivity contribution in [1.82, 2.24) is 0 Å². The molecular weight excluding hydrogens is 160 g/mol. The van der Waals surface area contributed by atoms with E-state index in [4.69, 9.17) is 5.41 Å². The van der Waals surface area contributed by atoms with E-state index in [1.807, 2.05) is 38.1 Å². The molecule has 0 aliphatic heterocycles. The largest absolute Gasteiger partial charge is 0.304 e. The Morgan fingerprint density at radius 2 is 1.85 bits per heavy atom. The van der Waals surface area contributed by atoms with Crippen LogP contribution in [0.5, 0.6) is 0 Å². The molecule has 0 saturated carbocycles. The van der Waals surface area contributed by atoms with Gasteiger partial charge in [0.1, 0.15) is 0 Å². The van der Waals surface area contributed by atoms with Crippen LogP contribution in [0.4, 0.5) is 5.69 Å². The number of aryl methyl sites for hydroxylation is 1. The molecule has 2 heteroatoms. The SMILES string of the molecule is CC(=N)/C(C)=N/c1ccccc1C. The summed E-state index contributed by atoms with van der Waals surface area (Å²) in [6.07, 6.45) is 0. The van der Waals surface area contributed by atoms with Gasteiger partial charge in [0, 0.05) is 5.71 Å². The lowest BCUT2D eigenvalue weighted by atomic mass is 10.2. The Morgan fingerprint density at radius 1 is 1.23 bits per heavy atom. The molecule has 1 N–H and O–H groups in total. The molecule has 0 bridgehead atoms. The van der Waals surface area contributed by atoms with Crippen molar-refractivity contribution in [1.29, 1.82) is 5.41 Å². The zero-order valence-corrected chi connectivity index (χ0v) is 8.26. The average molecular weight is 174 g/mol. The molecule has 0 saturated heterocycles. The fraction of sp³-hybridized carbons (Fsp3) is 0.273. The molecule has 1 aromatic rings. The highest BCUT2D eigenvalue weighted by Gasteiger charge is 1.96. The first kappa shape index (κ1) is 9.65. The standard InChI is InChI=1S/C11H14N2/c1-8-6-4-5-7-11(8)13-10(3)9(2)12/h4-7,12H,1-3H3/b12-9?,13-10+. The number of rotatable bonds is 2. The summed E-state index contributed by atoms with van der Waals surface area (Å²) in [5.74, 6) is 0. The van der Waals surface area contributed by atoms with Crippen LogP contribution in [0.2, 0.25) is 0 Å². The van der Waals surface area contributed by atoms with E-state index >= 15 is 0 Å². The highest BCUT2D eigenvalue weighted by Crippen LogP contribution is 2.17. The van der Waals surface area contributed by atoms with E-state index in [-0.39, 0.29) is 0 Å². The molecule has 0 radical (unpaired) electrons. The zero-order valence-electron chi connectivity index (χ0n) is 8.26. The minimum absolute atomic E-state index is 0.517. The van der Waals surface area contributed by atoms with Gasteiger partial charge < -0.3 is 5.41 Å². The van der Waals surface area contributed by atoms with Crippen LogP contribution in [0.25, 0.3) is 0 Å². The van der Waals surface area contributed by atoms with Gasteiger partial charge in [-0.15, -0.1) is 0 Å². The molecule has 13 heavy (non-hydrogen) atoms. The van der Waals surface area contributed by atoms with Crippen LogP contribution in [0, 0.1) is 12.3 Å². The Hall–Kier alpha value is -1.44. The molecule has 0 unspecified atom stereocenters. The van der Waals surface area contributed by atoms with Gasteiger partial charge in [-0.3, -0.25) is 4.99 Å². The summed E-state index contributed by atoms with van der Waals surface area (Å²) in [7, 11) is 0. The Labute approximate surface area is 78.8 Å². The second kappa shape index (κ2) is 3.99. The Morgan fingerprint density at radius 3 is 2.38 bits per heavy atom. The lowest BCUT2D eigenvalue weighted by molar-refractivity contribution is 1.39. The summed E-state index contributed by atoms with van der Waals surface area (Å²) in [6.45, 7) is 5.62. The summed E-state index contributed by atoms with van der Waals surface area (Å²) in [5.41, 5.74) is 3.38. The highest BCUT2D eigenvalue weighted by atomic mass is 14.8. The normalized spacial score (nSPS) is 11.5. The van der Waals surface area contributed by atoms with Gasteiger partial charge in [0.05, 0.1) is 11.4 Å². The summed E-state index contributed by atoms with van der Waals surface area (Å²) >= 11 is 0. The van der Waals surface area contributed by atoms with E-state index in [9.17, 15) is 0 Å². The third kappa shape index (κ3) is 2.51. The molecule has 0 aromatic heterocycles. The fourth-order valence-corrected chi connectivity index (χ4v) is 0.953. The van der Waals surface area contributed by atoms with E-state index in [1.54, 1.807) is 6.92 Å². The highest BCUT2D eigenvalue weighted by molar-refractivity contribution is 6.39. The molecule has 1 aromatic carbocycles. The van der Waals surface area contributed by atoms with Gasteiger partial charge in [-0.1, -0.05) is 18.2 Å². The van der Waals surface area contributed by atoms with Crippen molar-refractivity contribution in [3.63, 3.8) is 0 Å². The molecule has 0 aliphatic rings. The molecule has 0 spiro atoms. The average Bonchev–Trinajstić information content (AvgIpc) is 2.08. The first-order valence-electron chi connectivity index (χ1n) is 4.27. The Balaban J connectivity index is 3.04. The quantitative estimate of drug-likeness (QED) is 0.669. The maximum atomic E-state index is 7.39. The predicted octanol–water partition coefficient (Wildman–Crippen LogP) is 3.13. The van der Waals surface area contributed by atoms with Gasteiger partial charge in [-0.05, 0) is 32.4 Å². The van der Waals surface area contributed by atoms with Crippen molar-refractivity contribution in [2.24, 2.45) is 4.99 Å². The summed E-state index contributed by atoms with van der Waals surface area (Å²) in [4.78, 5) is 4.35. The Kier molecular flexibility index (Phi) is 2.96. The number of nitrogens with one attached hydrogen (secondary N) is 1. The van der Waals surface area contributed by atoms with E-state index in [1.165, 1.54) is 0 Å². The van der Waals surface area contributed by atoms with Gasteiger partial charge in [-0.25, -0.2) is 0 Å². The van der Waals surface area contributed by atoms with Crippen LogP contribution in [0.15, 0.2) is 29.3 Å². The van der Waals surface area contributed by atoms with E-state index < -0.39 is 0 Å². The number of hydrogen-bond acceptors (Lipinski definition) is 2. The van der Waals surface area contributed by atoms with Crippen molar-refractivity contribution in [3.8, 4) is 0 Å². The van der Waals surface area contributed by atoms with Gasteiger partial charge in [0.25, 0.3) is 0 Å². The molecular formula is C11H14N2. The van der Waals surface area contributed by atoms with Crippen LogP contribution in [0.1, 0.15) is 19.4 Å². The van der Waals surface area contributed by atoms with Crippen LogP contribution in [-0.2, 0) is 0 Å². The van der Waals surface area contributed by atoms with E-state index in [2.05, 4.69) is 4.99 Å². The van der Waals surface area contributed by atoms with E-state index in [0.29, 0.717) is 5.71 Å². The molecule has 2 nitrogen and oxygen atoms in total. The van der Waals surface area contributed by atoms with Crippen molar-refractivity contribution >= 4 is 17.1 Å². The van der Waals surface area contributed by atoms with Crippen LogP contribution in [0.3, 0.4) is 0 Å². The van der Waals surface area contributed by atoms with Gasteiger partial charge in [0.2, 0.25) is 0 Å². The van der Waals surface area contributed by atoms with Crippen molar-refractivity contribution < 1.29 is 0 Å². The molecule has 0 aliphatic carbocycles. The maximum Gasteiger partial charge on any atom is 0.0662 e. The third-order valence-electron chi connectivity index (χ3n) is 1.95. The second-order valence-electron chi connectivity index (χ2n) is 3.11. The lowest BCUT2D eigenvalue weighted by Crippen LogP contribution is -2.02. The van der Waals surface area contributed by atoms with Gasteiger partial charge >= 0.3 is 0 Å². The molecule has 68 valence electrons. The van der Waals surface area contributed by atoms with Gasteiger partial charge in [-0.2, -0.15) is 0 Å². The number of para-hydroxylation sites is 1. The summed E-state index contributed by atoms with van der Waals surface area (Å²) in [6, 6.07) is 7.92. The molecule has 1 rings (SSSR count). The van der Waals surface area contributed by atoms with Gasteiger partial charge in [0.15, 0.2) is 0 Å². The fourth-order valence-electron chi connectivity index (χ4n) is 0.953. The third-order valence-corrected chi connectivity index (χ3v) is 1.95. The molecule has 0 fully saturated rings. The first-order valence-corrected chi connectivity index (χ1v) is 4.27. The van der Waals surface area contributed by atoms with Crippen molar-refractivity contribution in [2.75, 3.05) is 0 Å². The van der Waals surface area contributed by atoms with Crippen LogP contribution < -0.4 is 0 Å². The number of nitrogens with zero attached hydrogens (tertiary/aromatic N) is 1. The minimum atomic E-state index is 0.517. The van der Waals surface area contributed by atoms with Crippen molar-refractivity contribution in [3.05, 3.63) is 29.8 Å². The summed E-state index contributed by atoms with van der Waals surface area (Å²) in [5, 5.41) is 7.39. The number of aliphatic imine (C=N–C) groups is 1. The minimum Gasteiger partial charge on any atom is -0.304 e. The Bertz CT molecular complexity index is 351. The van der Waals surface area contributed by atoms with Crippen LogP contribution >= 0.6 is 0 Å². The number of benzene rings is 1. The molecule has 0 atom stereocenters. The summed E-state index contributed by atoms with van der Waals surface area (Å²) < 4.78 is 0. The predicted molar refractivity (Wildman–Crippen MR) is 57.3 cm³/mol. The maximum absolute atomic E-state index is 7.39. The topological polar surface area (TPSA) is 36.2 Å². The number of hydrogen-bond donors (Lipinski definition) is 1. The molecule has 0 heterocycles. The van der Waals surface area contributed by atoms with Crippen molar-refractivity contribution in [2.45, 2.75) is 20.8 Å². The monoisotopic (exact) mass is 174 g/mol. The van der Waals surface area contributed by atoms with E-state index in [0.717, 1.165) is 17.0 Å². The zero-order chi connectivity index (χ0) is 9.84. The second-order valence-corrected chi connectivity index (χ2v) is 3.11. The molecule has 0 amide bonds. The first-order chi connectivity index (χ1) is 6.11. The smallest absolute Gasteiger partial charge is 0.0662 e.